The number of nitrogens with two attached hydrogens (primary N) is 1. The van der Waals surface area contributed by atoms with Crippen molar-refractivity contribution in [3.63, 3.8) is 0 Å². The molecule has 5 N–H and O–H groups in total. The molecule has 12 nitrogen and oxygen atoms in total. The lowest BCUT2D eigenvalue weighted by Gasteiger charge is -2.27. The van der Waals surface area contributed by atoms with Crippen LogP contribution in [0.5, 0.6) is 5.75 Å². The van der Waals surface area contributed by atoms with Crippen molar-refractivity contribution in [3.8, 4) is 5.75 Å². The van der Waals surface area contributed by atoms with E-state index in [4.69, 9.17) is 24.6 Å². The second-order valence-corrected chi connectivity index (χ2v) is 9.41. The lowest BCUT2D eigenvalue weighted by molar-refractivity contribution is -0.203. The van der Waals surface area contributed by atoms with Gasteiger partial charge in [0.25, 0.3) is 5.85 Å². The zero-order chi connectivity index (χ0) is 25.3. The van der Waals surface area contributed by atoms with Crippen molar-refractivity contribution >= 4 is 19.5 Å². The van der Waals surface area contributed by atoms with E-state index in [-0.39, 0.29) is 11.6 Å². The van der Waals surface area contributed by atoms with Gasteiger partial charge in [-0.05, 0) is 32.0 Å². The standard InChI is InChI=1S/C19H23F2N4O8P/c1-11(14(26)27)24-34(30,33-12-6-4-3-5-7-12)31-10-19(21)15(28)18(2,20)16(32-19)25-9-8-13(22)23-17(25)29/h3-9,11,15-16,28H,10H2,1-2H3,(H,24,30)(H,26,27)(H2,22,23,29)/t11-,15-,16+,18+,19+,34+/m0/s1. The molecule has 0 bridgehead atoms. The number of hydrogen-bond donors (Lipinski definition) is 4. The Kier molecular flexibility index (Phi) is 7.10. The predicted octanol–water partition coefficient (Wildman–Crippen LogP) is 1.38. The molecule has 0 unspecified atom stereocenters. The lowest BCUT2D eigenvalue weighted by Crippen LogP contribution is -2.47. The molecule has 2 heterocycles. The van der Waals surface area contributed by atoms with E-state index in [1.165, 1.54) is 24.3 Å². The highest BCUT2D eigenvalue weighted by atomic mass is 31.2. The molecular weight excluding hydrogens is 481 g/mol. The number of carboxylic acid groups (broad SMARTS) is 1. The Morgan fingerprint density at radius 1 is 1.38 bits per heavy atom. The number of benzene rings is 1. The Balaban J connectivity index is 1.86. The highest BCUT2D eigenvalue weighted by Gasteiger charge is 2.65. The normalized spacial score (nSPS) is 29.3. The lowest BCUT2D eigenvalue weighted by atomic mass is 9.97. The Morgan fingerprint density at radius 3 is 2.62 bits per heavy atom. The number of aliphatic carboxylic acids is 1. The van der Waals surface area contributed by atoms with Crippen LogP contribution in [0.4, 0.5) is 14.6 Å². The van der Waals surface area contributed by atoms with Crippen LogP contribution in [-0.4, -0.2) is 56.0 Å². The summed E-state index contributed by atoms with van der Waals surface area (Å²) in [6.07, 6.45) is -3.50. The highest BCUT2D eigenvalue weighted by Crippen LogP contribution is 2.51. The van der Waals surface area contributed by atoms with Crippen LogP contribution in [0.3, 0.4) is 0 Å². The number of halogens is 2. The third-order valence-corrected chi connectivity index (χ3v) is 6.58. The number of hydrogen-bond acceptors (Lipinski definition) is 9. The minimum absolute atomic E-state index is 0.00979. The summed E-state index contributed by atoms with van der Waals surface area (Å²) in [5.74, 6) is -4.92. The average Bonchev–Trinajstić information content (AvgIpc) is 2.93. The van der Waals surface area contributed by atoms with Crippen LogP contribution in [0.15, 0.2) is 47.4 Å². The van der Waals surface area contributed by atoms with Crippen LogP contribution in [0.1, 0.15) is 20.1 Å². The van der Waals surface area contributed by atoms with Crippen LogP contribution < -0.4 is 21.0 Å². The molecule has 2 aromatic rings. The maximum atomic E-state index is 15.6. The molecule has 1 aromatic carbocycles. The zero-order valence-corrected chi connectivity index (χ0v) is 18.9. The van der Waals surface area contributed by atoms with Gasteiger partial charge in [-0.25, -0.2) is 18.1 Å². The fourth-order valence-corrected chi connectivity index (χ4v) is 4.65. The number of aliphatic hydroxyl groups excluding tert-OH is 1. The number of aromatic nitrogens is 2. The van der Waals surface area contributed by atoms with Crippen LogP contribution >= 0.6 is 7.75 Å². The van der Waals surface area contributed by atoms with Gasteiger partial charge in [-0.15, -0.1) is 0 Å². The predicted molar refractivity (Wildman–Crippen MR) is 113 cm³/mol. The summed E-state index contributed by atoms with van der Waals surface area (Å²) in [6.45, 7) is 0.566. The molecule has 1 aliphatic rings. The van der Waals surface area contributed by atoms with E-state index in [9.17, 15) is 19.3 Å². The summed E-state index contributed by atoms with van der Waals surface area (Å²) in [5, 5.41) is 21.6. The molecule has 1 fully saturated rings. The van der Waals surface area contributed by atoms with E-state index in [2.05, 4.69) is 10.1 Å². The maximum absolute atomic E-state index is 15.6. The molecule has 3 rings (SSSR count). The van der Waals surface area contributed by atoms with Crippen LogP contribution in [-0.2, 0) is 18.6 Å². The number of anilines is 1. The zero-order valence-electron chi connectivity index (χ0n) is 18.0. The van der Waals surface area contributed by atoms with E-state index < -0.39 is 55.9 Å². The fraction of sp³-hybridized carbons (Fsp3) is 0.421. The maximum Gasteiger partial charge on any atom is 0.459 e. The van der Waals surface area contributed by atoms with Gasteiger partial charge in [-0.3, -0.25) is 13.9 Å². The van der Waals surface area contributed by atoms with Gasteiger partial charge in [0.05, 0.1) is 0 Å². The van der Waals surface area contributed by atoms with Gasteiger partial charge in [-0.2, -0.15) is 10.1 Å². The summed E-state index contributed by atoms with van der Waals surface area (Å²) >= 11 is 0. The monoisotopic (exact) mass is 504 g/mol. The van der Waals surface area contributed by atoms with E-state index in [0.29, 0.717) is 4.57 Å². The number of nitrogens with one attached hydrogen (secondary N) is 1. The second kappa shape index (κ2) is 9.39. The Hall–Kier alpha value is -2.90. The number of nitrogen functional groups attached to an aromatic ring is 1. The van der Waals surface area contributed by atoms with Crippen molar-refractivity contribution in [2.24, 2.45) is 0 Å². The van der Waals surface area contributed by atoms with Gasteiger partial charge in [0.2, 0.25) is 0 Å². The van der Waals surface area contributed by atoms with Crippen molar-refractivity contribution in [2.75, 3.05) is 12.3 Å². The highest BCUT2D eigenvalue weighted by molar-refractivity contribution is 7.52. The number of para-hydroxylation sites is 1. The van der Waals surface area contributed by atoms with E-state index >= 15 is 8.78 Å². The van der Waals surface area contributed by atoms with E-state index in [1.807, 2.05) is 0 Å². The summed E-state index contributed by atoms with van der Waals surface area (Å²) in [6, 6.07) is 7.12. The van der Waals surface area contributed by atoms with Gasteiger partial charge in [-0.1, -0.05) is 18.2 Å². The molecule has 6 atom stereocenters. The summed E-state index contributed by atoms with van der Waals surface area (Å²) in [5.41, 5.74) is 1.46. The van der Waals surface area contributed by atoms with Crippen molar-refractivity contribution in [3.05, 3.63) is 53.1 Å². The molecule has 186 valence electrons. The molecule has 0 aliphatic carbocycles. The molecule has 1 saturated heterocycles. The van der Waals surface area contributed by atoms with Crippen molar-refractivity contribution in [1.82, 2.24) is 14.6 Å². The van der Waals surface area contributed by atoms with Gasteiger partial charge >= 0.3 is 19.4 Å². The quantitative estimate of drug-likeness (QED) is 0.363. The summed E-state index contributed by atoms with van der Waals surface area (Å²) in [4.78, 5) is 26.7. The molecule has 1 aromatic heterocycles. The Morgan fingerprint density at radius 2 is 2.03 bits per heavy atom. The van der Waals surface area contributed by atoms with Gasteiger partial charge in [0, 0.05) is 6.20 Å². The van der Waals surface area contributed by atoms with Crippen LogP contribution in [0.2, 0.25) is 0 Å². The minimum Gasteiger partial charge on any atom is -0.480 e. The van der Waals surface area contributed by atoms with Crippen molar-refractivity contribution in [1.29, 1.82) is 0 Å². The third kappa shape index (κ3) is 5.26. The molecule has 0 saturated carbocycles. The smallest absolute Gasteiger partial charge is 0.459 e. The molecule has 0 spiro atoms. The first-order valence-corrected chi connectivity index (χ1v) is 11.4. The van der Waals surface area contributed by atoms with Crippen LogP contribution in [0, 0.1) is 0 Å². The average molecular weight is 504 g/mol. The molecular formula is C19H23F2N4O8P. The minimum atomic E-state index is -4.60. The topological polar surface area (TPSA) is 175 Å². The van der Waals surface area contributed by atoms with E-state index in [1.54, 1.807) is 6.07 Å². The number of ether oxygens (including phenoxy) is 1. The molecule has 0 radical (unpaired) electrons. The van der Waals surface area contributed by atoms with Gasteiger partial charge < -0.3 is 25.2 Å². The fourth-order valence-electron chi connectivity index (χ4n) is 3.14. The first kappa shape index (κ1) is 25.7. The van der Waals surface area contributed by atoms with Crippen LogP contribution in [0.25, 0.3) is 0 Å². The molecule has 15 heteroatoms. The number of carboxylic acids is 1. The molecule has 1 aliphatic heterocycles. The first-order valence-electron chi connectivity index (χ1n) is 9.85. The third-order valence-electron chi connectivity index (χ3n) is 4.96. The Bertz CT molecular complexity index is 1150. The SMILES string of the molecule is C[C@H](N[P@@](=O)(OC[C@@]1(F)O[C@@H](n2ccc(N)nc2=O)[C@](C)(F)[C@@H]1O)Oc1ccccc1)C(=O)O. The molecule has 0 amide bonds. The van der Waals surface area contributed by atoms with Gasteiger partial charge in [0.1, 0.15) is 24.2 Å². The van der Waals surface area contributed by atoms with Crippen molar-refractivity contribution in [2.45, 2.75) is 43.7 Å². The summed E-state index contributed by atoms with van der Waals surface area (Å²) in [7, 11) is -4.60. The van der Waals surface area contributed by atoms with Crippen molar-refractivity contribution < 1.29 is 42.1 Å². The van der Waals surface area contributed by atoms with Gasteiger partial charge in [0.15, 0.2) is 18.0 Å². The molecule has 34 heavy (non-hydrogen) atoms. The number of nitrogens with zero attached hydrogens (tertiary/aromatic N) is 2. The summed E-state index contributed by atoms with van der Waals surface area (Å²) < 4.78 is 60.0. The number of carbonyl (C=O) groups is 1. The second-order valence-electron chi connectivity index (χ2n) is 7.72. The number of alkyl halides is 2. The first-order chi connectivity index (χ1) is 15.8. The largest absolute Gasteiger partial charge is 0.480 e. The number of rotatable bonds is 9. The number of aliphatic hydroxyl groups is 1. The Labute approximate surface area is 191 Å². The van der Waals surface area contributed by atoms with E-state index in [0.717, 1.165) is 26.1 Å².